The summed E-state index contributed by atoms with van der Waals surface area (Å²) < 4.78 is 0. The van der Waals surface area contributed by atoms with Crippen molar-refractivity contribution in [1.82, 2.24) is 15.1 Å². The van der Waals surface area contributed by atoms with E-state index < -0.39 is 0 Å². The number of piperidine rings is 1. The molecule has 0 aromatic heterocycles. The van der Waals surface area contributed by atoms with Gasteiger partial charge in [-0.1, -0.05) is 37.3 Å². The van der Waals surface area contributed by atoms with E-state index in [0.29, 0.717) is 0 Å². The maximum absolute atomic E-state index is 5.00. The molecule has 2 aliphatic heterocycles. The predicted octanol–water partition coefficient (Wildman–Crippen LogP) is 3.87. The second-order valence-corrected chi connectivity index (χ2v) is 7.86. The number of rotatable bonds is 6. The molecule has 2 saturated heterocycles. The van der Waals surface area contributed by atoms with Gasteiger partial charge in [0.1, 0.15) is 0 Å². The first kappa shape index (κ1) is 22.5. The first-order chi connectivity index (χ1) is 12.8. The van der Waals surface area contributed by atoms with Gasteiger partial charge in [-0.15, -0.1) is 24.0 Å². The molecule has 0 amide bonds. The minimum absolute atomic E-state index is 0. The second kappa shape index (κ2) is 11.9. The molecule has 1 aromatic carbocycles. The summed E-state index contributed by atoms with van der Waals surface area (Å²) in [4.78, 5) is 10.0. The third-order valence-electron chi connectivity index (χ3n) is 5.93. The molecule has 152 valence electrons. The zero-order valence-electron chi connectivity index (χ0n) is 17.1. The van der Waals surface area contributed by atoms with Gasteiger partial charge in [-0.25, -0.2) is 0 Å². The highest BCUT2D eigenvalue weighted by atomic mass is 127. The van der Waals surface area contributed by atoms with Gasteiger partial charge < -0.3 is 15.1 Å². The van der Waals surface area contributed by atoms with Crippen LogP contribution in [0, 0.1) is 11.8 Å². The summed E-state index contributed by atoms with van der Waals surface area (Å²) >= 11 is 0. The van der Waals surface area contributed by atoms with E-state index in [1.54, 1.807) is 0 Å². The molecule has 1 aromatic rings. The average Bonchev–Trinajstić information content (AvgIpc) is 3.15. The number of halogens is 1. The molecule has 5 heteroatoms. The molecule has 1 atom stereocenters. The van der Waals surface area contributed by atoms with E-state index in [4.69, 9.17) is 4.99 Å². The van der Waals surface area contributed by atoms with Gasteiger partial charge in [-0.3, -0.25) is 4.99 Å². The van der Waals surface area contributed by atoms with E-state index in [2.05, 4.69) is 59.3 Å². The summed E-state index contributed by atoms with van der Waals surface area (Å²) in [5.41, 5.74) is 1.48. The summed E-state index contributed by atoms with van der Waals surface area (Å²) in [6, 6.07) is 10.9. The fourth-order valence-electron chi connectivity index (χ4n) is 4.29. The number of hydrogen-bond acceptors (Lipinski definition) is 2. The fraction of sp³-hybridized carbons (Fsp3) is 0.682. The van der Waals surface area contributed by atoms with Gasteiger partial charge in [0, 0.05) is 32.7 Å². The summed E-state index contributed by atoms with van der Waals surface area (Å²) in [6.07, 6.45) is 5.06. The number of nitrogens with one attached hydrogen (secondary N) is 1. The van der Waals surface area contributed by atoms with Crippen molar-refractivity contribution >= 4 is 29.9 Å². The Morgan fingerprint density at radius 3 is 2.37 bits per heavy atom. The predicted molar refractivity (Wildman–Crippen MR) is 126 cm³/mol. The zero-order valence-corrected chi connectivity index (χ0v) is 19.4. The molecular weight excluding hydrogens is 447 g/mol. The van der Waals surface area contributed by atoms with Crippen LogP contribution in [0.25, 0.3) is 0 Å². The van der Waals surface area contributed by atoms with Crippen LogP contribution in [0.4, 0.5) is 0 Å². The van der Waals surface area contributed by atoms with Gasteiger partial charge in [-0.05, 0) is 63.1 Å². The number of guanidine groups is 1. The van der Waals surface area contributed by atoms with Crippen LogP contribution in [0.15, 0.2) is 35.3 Å². The molecule has 2 aliphatic rings. The van der Waals surface area contributed by atoms with Crippen molar-refractivity contribution in [2.75, 3.05) is 45.8 Å². The van der Waals surface area contributed by atoms with Crippen LogP contribution in [-0.2, 0) is 6.42 Å². The summed E-state index contributed by atoms with van der Waals surface area (Å²) in [5, 5.41) is 3.53. The van der Waals surface area contributed by atoms with Crippen LogP contribution >= 0.6 is 24.0 Å². The van der Waals surface area contributed by atoms with E-state index in [0.717, 1.165) is 44.0 Å². The van der Waals surface area contributed by atoms with Crippen molar-refractivity contribution in [2.24, 2.45) is 16.8 Å². The van der Waals surface area contributed by atoms with Gasteiger partial charge in [0.15, 0.2) is 5.96 Å². The monoisotopic (exact) mass is 484 g/mol. The molecule has 1 N–H and O–H groups in total. The van der Waals surface area contributed by atoms with Crippen LogP contribution in [0.2, 0.25) is 0 Å². The quantitative estimate of drug-likeness (QED) is 0.378. The molecule has 0 radical (unpaired) electrons. The van der Waals surface area contributed by atoms with Crippen LogP contribution in [0.5, 0.6) is 0 Å². The van der Waals surface area contributed by atoms with Gasteiger partial charge in [-0.2, -0.15) is 0 Å². The van der Waals surface area contributed by atoms with Crippen LogP contribution in [0.1, 0.15) is 38.7 Å². The van der Waals surface area contributed by atoms with E-state index in [1.807, 2.05) is 0 Å². The summed E-state index contributed by atoms with van der Waals surface area (Å²) in [6.45, 7) is 12.3. The van der Waals surface area contributed by atoms with Crippen LogP contribution in [0.3, 0.4) is 0 Å². The van der Waals surface area contributed by atoms with Crippen LogP contribution in [-0.4, -0.2) is 61.6 Å². The van der Waals surface area contributed by atoms with Gasteiger partial charge in [0.05, 0.1) is 0 Å². The second-order valence-electron chi connectivity index (χ2n) is 7.86. The minimum atomic E-state index is 0. The first-order valence-corrected chi connectivity index (χ1v) is 10.6. The molecule has 3 rings (SSSR count). The molecule has 0 bridgehead atoms. The standard InChI is InChI=1S/C22H36N4.HI/c1-3-23-22(24-17-21-10-13-25(4-2)18-21)26-14-11-20(12-15-26)16-19-8-6-5-7-9-19;/h5-9,20-21H,3-4,10-18H2,1-2H3,(H,23,24);1H. The number of hydrogen-bond donors (Lipinski definition) is 1. The molecule has 2 heterocycles. The number of nitrogens with zero attached hydrogens (tertiary/aromatic N) is 3. The maximum atomic E-state index is 5.00. The van der Waals surface area contributed by atoms with Crippen molar-refractivity contribution in [3.05, 3.63) is 35.9 Å². The van der Waals surface area contributed by atoms with E-state index in [1.165, 1.54) is 50.9 Å². The fourth-order valence-corrected chi connectivity index (χ4v) is 4.29. The normalized spacial score (nSPS) is 21.9. The Bertz CT molecular complexity index is 555. The highest BCUT2D eigenvalue weighted by molar-refractivity contribution is 14.0. The lowest BCUT2D eigenvalue weighted by molar-refractivity contribution is 0.258. The number of benzene rings is 1. The lowest BCUT2D eigenvalue weighted by atomic mass is 9.90. The lowest BCUT2D eigenvalue weighted by Gasteiger charge is -2.34. The van der Waals surface area contributed by atoms with E-state index >= 15 is 0 Å². The Hall–Kier alpha value is -0.820. The third kappa shape index (κ3) is 6.93. The van der Waals surface area contributed by atoms with E-state index in [9.17, 15) is 0 Å². The van der Waals surface area contributed by atoms with Crippen molar-refractivity contribution in [1.29, 1.82) is 0 Å². The largest absolute Gasteiger partial charge is 0.357 e. The number of likely N-dealkylation sites (tertiary alicyclic amines) is 2. The highest BCUT2D eigenvalue weighted by Crippen LogP contribution is 2.22. The van der Waals surface area contributed by atoms with Crippen molar-refractivity contribution < 1.29 is 0 Å². The Balaban J connectivity index is 0.00000261. The Morgan fingerprint density at radius 2 is 1.74 bits per heavy atom. The molecule has 27 heavy (non-hydrogen) atoms. The molecule has 1 unspecified atom stereocenters. The van der Waals surface area contributed by atoms with Crippen LogP contribution < -0.4 is 5.32 Å². The molecule has 0 saturated carbocycles. The smallest absolute Gasteiger partial charge is 0.193 e. The molecule has 2 fully saturated rings. The molecule has 0 spiro atoms. The van der Waals surface area contributed by atoms with Crippen molar-refractivity contribution in [2.45, 2.75) is 39.5 Å². The lowest BCUT2D eigenvalue weighted by Crippen LogP contribution is -2.46. The Labute approximate surface area is 182 Å². The molecule has 0 aliphatic carbocycles. The topological polar surface area (TPSA) is 30.9 Å². The van der Waals surface area contributed by atoms with Gasteiger partial charge in [0.2, 0.25) is 0 Å². The van der Waals surface area contributed by atoms with Gasteiger partial charge >= 0.3 is 0 Å². The third-order valence-corrected chi connectivity index (χ3v) is 5.93. The minimum Gasteiger partial charge on any atom is -0.357 e. The van der Waals surface area contributed by atoms with Crippen molar-refractivity contribution in [3.8, 4) is 0 Å². The summed E-state index contributed by atoms with van der Waals surface area (Å²) in [7, 11) is 0. The average molecular weight is 484 g/mol. The molecular formula is C22H37IN4. The zero-order chi connectivity index (χ0) is 18.2. The first-order valence-electron chi connectivity index (χ1n) is 10.6. The number of aliphatic imine (C=N–C) groups is 1. The van der Waals surface area contributed by atoms with Gasteiger partial charge in [0.25, 0.3) is 0 Å². The van der Waals surface area contributed by atoms with Crippen molar-refractivity contribution in [3.63, 3.8) is 0 Å². The molecule has 4 nitrogen and oxygen atoms in total. The highest BCUT2D eigenvalue weighted by Gasteiger charge is 2.24. The Kier molecular flexibility index (Phi) is 9.90. The SMILES string of the molecule is CCNC(=NCC1CCN(CC)C1)N1CCC(Cc2ccccc2)CC1.I. The van der Waals surface area contributed by atoms with E-state index in [-0.39, 0.29) is 24.0 Å². The maximum Gasteiger partial charge on any atom is 0.193 e. The Morgan fingerprint density at radius 1 is 1.04 bits per heavy atom. The summed E-state index contributed by atoms with van der Waals surface area (Å²) in [5.74, 6) is 2.68.